The van der Waals surface area contributed by atoms with Crippen LogP contribution in [0.15, 0.2) is 29.4 Å². The molecule has 13 heavy (non-hydrogen) atoms. The zero-order chi connectivity index (χ0) is 9.26. The van der Waals surface area contributed by atoms with Crippen molar-refractivity contribution < 1.29 is 0 Å². The lowest BCUT2D eigenvalue weighted by Gasteiger charge is -2.04. The summed E-state index contributed by atoms with van der Waals surface area (Å²) in [6.45, 7) is 0. The summed E-state index contributed by atoms with van der Waals surface area (Å²) in [6.07, 6.45) is 4.33. The molecule has 2 rings (SSSR count). The Morgan fingerprint density at radius 1 is 1.23 bits per heavy atom. The highest BCUT2D eigenvalue weighted by atomic mass is 14.8. The van der Waals surface area contributed by atoms with Gasteiger partial charge in [-0.3, -0.25) is 0 Å². The fourth-order valence-corrected chi connectivity index (χ4v) is 1.40. The number of hydrogen-bond donors (Lipinski definition) is 2. The predicted octanol–water partition coefficient (Wildman–Crippen LogP) is 1.15. The molecule has 0 radical (unpaired) electrons. The average molecular weight is 173 g/mol. The zero-order valence-electron chi connectivity index (χ0n) is 7.20. The van der Waals surface area contributed by atoms with E-state index in [9.17, 15) is 0 Å². The van der Waals surface area contributed by atoms with Crippen LogP contribution >= 0.6 is 0 Å². The van der Waals surface area contributed by atoms with Gasteiger partial charge in [0.15, 0.2) is 0 Å². The molecule has 1 aliphatic heterocycles. The Hall–Kier alpha value is -1.77. The van der Waals surface area contributed by atoms with E-state index in [4.69, 9.17) is 11.5 Å². The van der Waals surface area contributed by atoms with E-state index < -0.39 is 0 Å². The third kappa shape index (κ3) is 1.54. The van der Waals surface area contributed by atoms with Gasteiger partial charge < -0.3 is 11.5 Å². The lowest BCUT2D eigenvalue weighted by atomic mass is 10.0. The maximum absolute atomic E-state index is 5.67. The number of nitrogen functional groups attached to an aromatic ring is 1. The Kier molecular flexibility index (Phi) is 1.77. The number of nitrogens with two attached hydrogens (primary N) is 2. The molecule has 1 aliphatic rings. The van der Waals surface area contributed by atoms with E-state index in [-0.39, 0.29) is 0 Å². The number of benzene rings is 1. The molecule has 1 aromatic rings. The lowest BCUT2D eigenvalue weighted by Crippen LogP contribution is -2.14. The Bertz CT molecular complexity index is 391. The van der Waals surface area contributed by atoms with E-state index >= 15 is 0 Å². The first-order valence-electron chi connectivity index (χ1n) is 4.13. The maximum Gasteiger partial charge on any atom is 0.103 e. The summed E-state index contributed by atoms with van der Waals surface area (Å²) in [4.78, 5) is 4.04. The van der Waals surface area contributed by atoms with Crippen molar-refractivity contribution in [3.05, 3.63) is 35.5 Å². The topological polar surface area (TPSA) is 64.4 Å². The molecule has 0 spiro atoms. The second-order valence-electron chi connectivity index (χ2n) is 3.07. The minimum atomic E-state index is 0.626. The fraction of sp³-hybridized carbons (Fsp3) is 0.100. The van der Waals surface area contributed by atoms with Gasteiger partial charge in [0.2, 0.25) is 0 Å². The highest BCUT2D eigenvalue weighted by molar-refractivity contribution is 5.86. The van der Waals surface area contributed by atoms with Crippen molar-refractivity contribution in [3.63, 3.8) is 0 Å². The van der Waals surface area contributed by atoms with E-state index in [0.29, 0.717) is 12.3 Å². The van der Waals surface area contributed by atoms with Crippen molar-refractivity contribution in [2.45, 2.75) is 6.42 Å². The van der Waals surface area contributed by atoms with E-state index in [1.807, 2.05) is 24.3 Å². The number of rotatable bonds is 0. The molecule has 0 unspecified atom stereocenters. The number of nitrogens with zero attached hydrogens (tertiary/aromatic N) is 1. The summed E-state index contributed by atoms with van der Waals surface area (Å²) in [5.74, 6) is 0.626. The summed E-state index contributed by atoms with van der Waals surface area (Å²) < 4.78 is 0. The molecule has 1 aromatic carbocycles. The summed E-state index contributed by atoms with van der Waals surface area (Å²) in [6, 6.07) is 5.80. The van der Waals surface area contributed by atoms with Crippen LogP contribution in [-0.2, 0) is 6.42 Å². The van der Waals surface area contributed by atoms with Gasteiger partial charge in [0.25, 0.3) is 0 Å². The average Bonchev–Trinajstić information content (AvgIpc) is 2.25. The van der Waals surface area contributed by atoms with Gasteiger partial charge in [0, 0.05) is 18.3 Å². The summed E-state index contributed by atoms with van der Waals surface area (Å²) in [5, 5.41) is 0. The molecule has 0 aliphatic carbocycles. The van der Waals surface area contributed by atoms with Crippen LogP contribution in [0.2, 0.25) is 0 Å². The Labute approximate surface area is 76.8 Å². The first-order chi connectivity index (χ1) is 6.25. The lowest BCUT2D eigenvalue weighted by molar-refractivity contribution is 1.28. The Balaban J connectivity index is 2.51. The standard InChI is InChI=1S/C10H11N3/c11-9-2-1-7-3-4-13-10(12)6-8(7)5-9/h1-5H,6,11H2,(H2,12,13). The van der Waals surface area contributed by atoms with Crippen molar-refractivity contribution in [2.24, 2.45) is 10.7 Å². The number of anilines is 1. The number of hydrogen-bond acceptors (Lipinski definition) is 3. The van der Waals surface area contributed by atoms with E-state index in [0.717, 1.165) is 16.8 Å². The van der Waals surface area contributed by atoms with Gasteiger partial charge in [-0.1, -0.05) is 6.07 Å². The van der Waals surface area contributed by atoms with Crippen LogP contribution in [0.1, 0.15) is 11.1 Å². The van der Waals surface area contributed by atoms with Crippen LogP contribution < -0.4 is 11.5 Å². The molecule has 1 heterocycles. The van der Waals surface area contributed by atoms with Crippen LogP contribution in [0, 0.1) is 0 Å². The van der Waals surface area contributed by atoms with Crippen molar-refractivity contribution in [3.8, 4) is 0 Å². The third-order valence-corrected chi connectivity index (χ3v) is 2.03. The monoisotopic (exact) mass is 173 g/mol. The summed E-state index contributed by atoms with van der Waals surface area (Å²) >= 11 is 0. The fourth-order valence-electron chi connectivity index (χ4n) is 1.40. The van der Waals surface area contributed by atoms with Crippen LogP contribution in [0.4, 0.5) is 5.69 Å². The zero-order valence-corrected chi connectivity index (χ0v) is 7.20. The SMILES string of the molecule is NC1=NC=Cc2ccc(N)cc2C1. The van der Waals surface area contributed by atoms with Gasteiger partial charge in [0.1, 0.15) is 5.84 Å². The molecule has 0 saturated carbocycles. The van der Waals surface area contributed by atoms with Crippen LogP contribution in [-0.4, -0.2) is 5.84 Å². The van der Waals surface area contributed by atoms with Crippen molar-refractivity contribution in [1.29, 1.82) is 0 Å². The first-order valence-corrected chi connectivity index (χ1v) is 4.13. The Morgan fingerprint density at radius 2 is 2.08 bits per heavy atom. The van der Waals surface area contributed by atoms with E-state index in [1.54, 1.807) is 6.20 Å². The molecule has 3 nitrogen and oxygen atoms in total. The van der Waals surface area contributed by atoms with Gasteiger partial charge in [0.05, 0.1) is 0 Å². The maximum atomic E-state index is 5.67. The highest BCUT2D eigenvalue weighted by Crippen LogP contribution is 2.17. The van der Waals surface area contributed by atoms with E-state index in [2.05, 4.69) is 4.99 Å². The third-order valence-electron chi connectivity index (χ3n) is 2.03. The quantitative estimate of drug-likeness (QED) is 0.578. The first kappa shape index (κ1) is 7.86. The van der Waals surface area contributed by atoms with Gasteiger partial charge in [-0.25, -0.2) is 4.99 Å². The minimum Gasteiger partial charge on any atom is -0.399 e. The van der Waals surface area contributed by atoms with Crippen LogP contribution in [0.3, 0.4) is 0 Å². The molecular weight excluding hydrogens is 162 g/mol. The highest BCUT2D eigenvalue weighted by Gasteiger charge is 2.05. The molecule has 0 aromatic heterocycles. The number of amidine groups is 1. The van der Waals surface area contributed by atoms with Crippen LogP contribution in [0.5, 0.6) is 0 Å². The van der Waals surface area contributed by atoms with Gasteiger partial charge >= 0.3 is 0 Å². The Morgan fingerprint density at radius 3 is 2.92 bits per heavy atom. The van der Waals surface area contributed by atoms with Gasteiger partial charge in [-0.2, -0.15) is 0 Å². The largest absolute Gasteiger partial charge is 0.399 e. The summed E-state index contributed by atoms with van der Waals surface area (Å²) in [5.41, 5.74) is 14.4. The molecule has 0 atom stereocenters. The van der Waals surface area contributed by atoms with Crippen LogP contribution in [0.25, 0.3) is 6.08 Å². The summed E-state index contributed by atoms with van der Waals surface area (Å²) in [7, 11) is 0. The number of fused-ring (bicyclic) bond motifs is 1. The molecule has 0 amide bonds. The number of aliphatic imine (C=N–C) groups is 1. The molecular formula is C10H11N3. The molecule has 66 valence electrons. The van der Waals surface area contributed by atoms with Gasteiger partial charge in [-0.15, -0.1) is 0 Å². The van der Waals surface area contributed by atoms with E-state index in [1.165, 1.54) is 0 Å². The van der Waals surface area contributed by atoms with Gasteiger partial charge in [-0.05, 0) is 29.3 Å². The predicted molar refractivity (Wildman–Crippen MR) is 55.2 cm³/mol. The molecule has 4 N–H and O–H groups in total. The molecule has 3 heteroatoms. The van der Waals surface area contributed by atoms with Crippen molar-refractivity contribution >= 4 is 17.6 Å². The normalized spacial score (nSPS) is 14.6. The molecule has 0 fully saturated rings. The second kappa shape index (κ2) is 2.94. The minimum absolute atomic E-state index is 0.626. The van der Waals surface area contributed by atoms with Crippen molar-refractivity contribution in [2.75, 3.05) is 5.73 Å². The molecule has 0 bridgehead atoms. The second-order valence-corrected chi connectivity index (χ2v) is 3.07. The smallest absolute Gasteiger partial charge is 0.103 e. The van der Waals surface area contributed by atoms with Crippen molar-refractivity contribution in [1.82, 2.24) is 0 Å². The molecule has 0 saturated heterocycles.